The molecule has 3 rings (SSSR count). The van der Waals surface area contributed by atoms with Gasteiger partial charge in [-0.25, -0.2) is 0 Å². The van der Waals surface area contributed by atoms with Gasteiger partial charge in [0.15, 0.2) is 0 Å². The summed E-state index contributed by atoms with van der Waals surface area (Å²) in [5.41, 5.74) is 2.41. The van der Waals surface area contributed by atoms with Crippen LogP contribution in [0.25, 0.3) is 12.2 Å². The highest BCUT2D eigenvalue weighted by Crippen LogP contribution is 1.99. The maximum absolute atomic E-state index is 3.29. The molecule has 0 fully saturated rings. The number of rotatable bonds is 2. The number of aromatic amines is 1. The molecular formula is C18H15N. The van der Waals surface area contributed by atoms with Gasteiger partial charge in [0.2, 0.25) is 0 Å². The van der Waals surface area contributed by atoms with Gasteiger partial charge in [0.25, 0.3) is 0 Å². The normalized spacial score (nSPS) is 12.8. The Morgan fingerprint density at radius 2 is 1.21 bits per heavy atom. The van der Waals surface area contributed by atoms with Gasteiger partial charge in [-0.15, -0.1) is 0 Å². The van der Waals surface area contributed by atoms with E-state index in [4.69, 9.17) is 0 Å². The molecule has 0 aliphatic carbocycles. The Kier molecular flexibility index (Phi) is 3.28. The molecule has 0 radical (unpaired) electrons. The van der Waals surface area contributed by atoms with Crippen LogP contribution >= 0.6 is 0 Å². The van der Waals surface area contributed by atoms with Crippen LogP contribution in [0.4, 0.5) is 0 Å². The molecule has 0 amide bonds. The lowest BCUT2D eigenvalue weighted by molar-refractivity contribution is 1.31. The minimum absolute atomic E-state index is 1.13. The van der Waals surface area contributed by atoms with Gasteiger partial charge >= 0.3 is 0 Å². The summed E-state index contributed by atoms with van der Waals surface area (Å²) in [6, 6.07) is 22.8. The molecule has 19 heavy (non-hydrogen) atoms. The first-order valence-corrected chi connectivity index (χ1v) is 6.39. The Bertz CT molecular complexity index is 686. The molecule has 92 valence electrons. The molecule has 0 atom stereocenters. The lowest BCUT2D eigenvalue weighted by Crippen LogP contribution is -2.22. The highest BCUT2D eigenvalue weighted by molar-refractivity contribution is 5.53. The standard InChI is InChI=1S/C18H15N/c1-3-7-15(8-4-1)13-17-11-12-19-18(17)14-16-9-5-2-6-10-16/h1-14,19H. The van der Waals surface area contributed by atoms with E-state index < -0.39 is 0 Å². The molecular weight excluding hydrogens is 230 g/mol. The predicted octanol–water partition coefficient (Wildman–Crippen LogP) is 2.67. The quantitative estimate of drug-likeness (QED) is 0.714. The Balaban J connectivity index is 2.09. The van der Waals surface area contributed by atoms with Crippen LogP contribution in [0, 0.1) is 0 Å². The molecule has 1 nitrogen and oxygen atoms in total. The van der Waals surface area contributed by atoms with Crippen LogP contribution in [-0.4, -0.2) is 4.98 Å². The van der Waals surface area contributed by atoms with Gasteiger partial charge in [-0.2, -0.15) is 0 Å². The van der Waals surface area contributed by atoms with Crippen molar-refractivity contribution in [1.29, 1.82) is 0 Å². The van der Waals surface area contributed by atoms with Crippen molar-refractivity contribution in [1.82, 2.24) is 4.98 Å². The zero-order valence-electron chi connectivity index (χ0n) is 10.6. The van der Waals surface area contributed by atoms with Crippen molar-refractivity contribution in [3.05, 3.63) is 94.6 Å². The van der Waals surface area contributed by atoms with E-state index in [1.54, 1.807) is 0 Å². The third kappa shape index (κ3) is 2.83. The first-order chi connectivity index (χ1) is 9.42. The summed E-state index contributed by atoms with van der Waals surface area (Å²) in [4.78, 5) is 3.29. The van der Waals surface area contributed by atoms with Crippen LogP contribution in [-0.2, 0) is 0 Å². The second kappa shape index (κ2) is 5.40. The van der Waals surface area contributed by atoms with Crippen LogP contribution < -0.4 is 10.6 Å². The van der Waals surface area contributed by atoms with Crippen molar-refractivity contribution < 1.29 is 0 Å². The number of hydrogen-bond acceptors (Lipinski definition) is 0. The molecule has 1 N–H and O–H groups in total. The molecule has 0 saturated carbocycles. The summed E-state index contributed by atoms with van der Waals surface area (Å²) in [5.74, 6) is 0. The van der Waals surface area contributed by atoms with E-state index in [1.165, 1.54) is 16.3 Å². The highest BCUT2D eigenvalue weighted by atomic mass is 14.6. The Morgan fingerprint density at radius 1 is 0.632 bits per heavy atom. The average molecular weight is 245 g/mol. The zero-order valence-corrected chi connectivity index (χ0v) is 10.6. The molecule has 1 heterocycles. The van der Waals surface area contributed by atoms with Gasteiger partial charge < -0.3 is 4.98 Å². The fourth-order valence-electron chi connectivity index (χ4n) is 2.09. The molecule has 2 aromatic carbocycles. The van der Waals surface area contributed by atoms with Crippen molar-refractivity contribution >= 4 is 12.2 Å². The minimum atomic E-state index is 1.13. The van der Waals surface area contributed by atoms with E-state index >= 15 is 0 Å². The summed E-state index contributed by atoms with van der Waals surface area (Å²) in [7, 11) is 0. The second-order valence-electron chi connectivity index (χ2n) is 4.46. The van der Waals surface area contributed by atoms with Crippen LogP contribution in [0.15, 0.2) is 72.9 Å². The summed E-state index contributed by atoms with van der Waals surface area (Å²) in [6.45, 7) is 0. The molecule has 1 heteroatoms. The van der Waals surface area contributed by atoms with E-state index in [-0.39, 0.29) is 0 Å². The monoisotopic (exact) mass is 245 g/mol. The fourth-order valence-corrected chi connectivity index (χ4v) is 2.09. The van der Waals surface area contributed by atoms with Crippen LogP contribution in [0.3, 0.4) is 0 Å². The van der Waals surface area contributed by atoms with E-state index in [2.05, 4.69) is 71.7 Å². The van der Waals surface area contributed by atoms with Gasteiger partial charge in [-0.3, -0.25) is 0 Å². The van der Waals surface area contributed by atoms with Crippen molar-refractivity contribution in [3.63, 3.8) is 0 Å². The van der Waals surface area contributed by atoms with Crippen molar-refractivity contribution in [2.24, 2.45) is 0 Å². The van der Waals surface area contributed by atoms with Gasteiger partial charge in [0.1, 0.15) is 0 Å². The number of benzene rings is 2. The Hall–Kier alpha value is -2.54. The molecule has 0 unspecified atom stereocenters. The lowest BCUT2D eigenvalue weighted by Gasteiger charge is -1.91. The average Bonchev–Trinajstić information content (AvgIpc) is 2.88. The first kappa shape index (κ1) is 11.5. The van der Waals surface area contributed by atoms with Crippen LogP contribution in [0.5, 0.6) is 0 Å². The lowest BCUT2D eigenvalue weighted by atomic mass is 10.1. The third-order valence-corrected chi connectivity index (χ3v) is 3.05. The van der Waals surface area contributed by atoms with Crippen LogP contribution in [0.2, 0.25) is 0 Å². The number of hydrogen-bond donors (Lipinski definition) is 1. The molecule has 3 aromatic rings. The summed E-state index contributed by atoms with van der Waals surface area (Å²) < 4.78 is 0. The van der Waals surface area contributed by atoms with Gasteiger partial charge in [0.05, 0.1) is 0 Å². The second-order valence-corrected chi connectivity index (χ2v) is 4.46. The maximum Gasteiger partial charge on any atom is 0.0460 e. The van der Waals surface area contributed by atoms with E-state index in [1.807, 2.05) is 18.3 Å². The number of H-pyrrole nitrogens is 1. The largest absolute Gasteiger partial charge is 0.361 e. The molecule has 0 aliphatic heterocycles. The van der Waals surface area contributed by atoms with Crippen molar-refractivity contribution in [2.45, 2.75) is 0 Å². The summed E-state index contributed by atoms with van der Waals surface area (Å²) in [5, 5.41) is 2.34. The zero-order chi connectivity index (χ0) is 12.9. The van der Waals surface area contributed by atoms with E-state index in [0.717, 1.165) is 5.35 Å². The SMILES string of the molecule is C(c1ccccc1)=c1cc[nH]c1=Cc1ccccc1. The Labute approximate surface area is 112 Å². The summed E-state index contributed by atoms with van der Waals surface area (Å²) >= 11 is 0. The fraction of sp³-hybridized carbons (Fsp3) is 0. The molecule has 0 spiro atoms. The molecule has 0 saturated heterocycles. The number of aromatic nitrogens is 1. The molecule has 0 aliphatic rings. The van der Waals surface area contributed by atoms with Gasteiger partial charge in [0, 0.05) is 11.5 Å². The van der Waals surface area contributed by atoms with Gasteiger partial charge in [-0.05, 0) is 34.6 Å². The van der Waals surface area contributed by atoms with Crippen molar-refractivity contribution in [2.75, 3.05) is 0 Å². The van der Waals surface area contributed by atoms with Gasteiger partial charge in [-0.1, -0.05) is 60.7 Å². The summed E-state index contributed by atoms with van der Waals surface area (Å²) in [6.07, 6.45) is 6.32. The molecule has 0 bridgehead atoms. The smallest absolute Gasteiger partial charge is 0.0460 e. The number of nitrogens with one attached hydrogen (secondary N) is 1. The van der Waals surface area contributed by atoms with E-state index in [0.29, 0.717) is 0 Å². The van der Waals surface area contributed by atoms with E-state index in [9.17, 15) is 0 Å². The van der Waals surface area contributed by atoms with Crippen molar-refractivity contribution in [3.8, 4) is 0 Å². The van der Waals surface area contributed by atoms with Crippen LogP contribution in [0.1, 0.15) is 11.1 Å². The minimum Gasteiger partial charge on any atom is -0.361 e. The first-order valence-electron chi connectivity index (χ1n) is 6.39. The predicted molar refractivity (Wildman–Crippen MR) is 80.1 cm³/mol. The maximum atomic E-state index is 3.29. The highest BCUT2D eigenvalue weighted by Gasteiger charge is 1.90. The molecule has 1 aromatic heterocycles. The third-order valence-electron chi connectivity index (χ3n) is 3.05. The topological polar surface area (TPSA) is 15.8 Å². The Morgan fingerprint density at radius 3 is 1.84 bits per heavy atom.